The molecule has 1 aliphatic heterocycles. The topological polar surface area (TPSA) is 38.2 Å². The van der Waals surface area contributed by atoms with Gasteiger partial charge in [-0.25, -0.2) is 14.4 Å². The van der Waals surface area contributed by atoms with Crippen molar-refractivity contribution in [2.45, 2.75) is 6.10 Å². The molecule has 2 aromatic carbocycles. The van der Waals surface area contributed by atoms with Crippen molar-refractivity contribution in [2.75, 3.05) is 24.6 Å². The van der Waals surface area contributed by atoms with E-state index < -0.39 is 0 Å². The molecule has 1 aromatic heterocycles. The molecule has 1 atom stereocenters. The van der Waals surface area contributed by atoms with Gasteiger partial charge in [0.2, 0.25) is 0 Å². The molecule has 0 N–H and O–H groups in total. The minimum Gasteiger partial charge on any atom is -0.370 e. The maximum absolute atomic E-state index is 14.0. The monoisotopic (exact) mass is 387 g/mol. The Morgan fingerprint density at radius 1 is 1.12 bits per heavy atom. The van der Waals surface area contributed by atoms with E-state index in [4.69, 9.17) is 4.74 Å². The summed E-state index contributed by atoms with van der Waals surface area (Å²) in [5.74, 6) is 0.423. The zero-order chi connectivity index (χ0) is 16.5. The number of para-hydroxylation sites is 1. The normalized spacial score (nSPS) is 18.1. The lowest BCUT2D eigenvalue weighted by atomic mass is 10.1. The average Bonchev–Trinajstić information content (AvgIpc) is 2.62. The summed E-state index contributed by atoms with van der Waals surface area (Å²) in [6, 6.07) is 13.0. The van der Waals surface area contributed by atoms with Crippen LogP contribution in [0.4, 0.5) is 10.2 Å². The highest BCUT2D eigenvalue weighted by Gasteiger charge is 2.25. The van der Waals surface area contributed by atoms with Crippen LogP contribution in [0.25, 0.3) is 10.9 Å². The number of aromatic nitrogens is 2. The van der Waals surface area contributed by atoms with Crippen molar-refractivity contribution in [1.82, 2.24) is 9.97 Å². The SMILES string of the molecule is Fc1cccc2c(N3CCOC(c4ccccc4Br)C3)ncnc12. The van der Waals surface area contributed by atoms with E-state index >= 15 is 0 Å². The van der Waals surface area contributed by atoms with Gasteiger partial charge in [-0.1, -0.05) is 40.2 Å². The van der Waals surface area contributed by atoms with Crippen LogP contribution in [-0.2, 0) is 4.74 Å². The van der Waals surface area contributed by atoms with Crippen LogP contribution in [0.3, 0.4) is 0 Å². The minimum atomic E-state index is -0.327. The van der Waals surface area contributed by atoms with Crippen LogP contribution in [0.2, 0.25) is 0 Å². The molecule has 1 fully saturated rings. The van der Waals surface area contributed by atoms with Gasteiger partial charge in [0.25, 0.3) is 0 Å². The molecule has 4 rings (SSSR count). The van der Waals surface area contributed by atoms with Gasteiger partial charge in [0, 0.05) is 22.9 Å². The maximum Gasteiger partial charge on any atom is 0.149 e. The molecule has 1 saturated heterocycles. The van der Waals surface area contributed by atoms with Gasteiger partial charge in [0.05, 0.1) is 6.61 Å². The van der Waals surface area contributed by atoms with Gasteiger partial charge in [-0.05, 0) is 23.8 Å². The second kappa shape index (κ2) is 6.45. The van der Waals surface area contributed by atoms with Crippen LogP contribution >= 0.6 is 15.9 Å². The Balaban J connectivity index is 1.70. The first-order valence-corrected chi connectivity index (χ1v) is 8.53. The quantitative estimate of drug-likeness (QED) is 0.663. The number of ether oxygens (including phenoxy) is 1. The standard InChI is InChI=1S/C18H15BrFN3O/c19-14-6-2-1-4-12(14)16-10-23(8-9-24-16)18-13-5-3-7-15(20)17(13)21-11-22-18/h1-7,11,16H,8-10H2. The van der Waals surface area contributed by atoms with E-state index in [0.29, 0.717) is 25.2 Å². The van der Waals surface area contributed by atoms with Crippen LogP contribution in [0.1, 0.15) is 11.7 Å². The molecule has 3 aromatic rings. The van der Waals surface area contributed by atoms with E-state index in [1.54, 1.807) is 6.07 Å². The van der Waals surface area contributed by atoms with E-state index in [9.17, 15) is 4.39 Å². The third-order valence-electron chi connectivity index (χ3n) is 4.21. The third kappa shape index (κ3) is 2.76. The van der Waals surface area contributed by atoms with Crippen molar-refractivity contribution >= 4 is 32.7 Å². The number of fused-ring (bicyclic) bond motifs is 1. The zero-order valence-electron chi connectivity index (χ0n) is 12.8. The smallest absolute Gasteiger partial charge is 0.149 e. The minimum absolute atomic E-state index is 0.0621. The number of nitrogens with zero attached hydrogens (tertiary/aromatic N) is 3. The van der Waals surface area contributed by atoms with Crippen molar-refractivity contribution in [3.8, 4) is 0 Å². The first-order chi connectivity index (χ1) is 11.7. The highest BCUT2D eigenvalue weighted by Crippen LogP contribution is 2.32. The van der Waals surface area contributed by atoms with Crippen LogP contribution in [0.15, 0.2) is 53.3 Å². The van der Waals surface area contributed by atoms with Crippen LogP contribution in [-0.4, -0.2) is 29.7 Å². The maximum atomic E-state index is 14.0. The summed E-state index contributed by atoms with van der Waals surface area (Å²) in [5, 5.41) is 0.727. The first-order valence-electron chi connectivity index (χ1n) is 7.74. The lowest BCUT2D eigenvalue weighted by Gasteiger charge is -2.34. The Morgan fingerprint density at radius 3 is 2.88 bits per heavy atom. The molecule has 0 amide bonds. The molecular formula is C18H15BrFN3O. The van der Waals surface area contributed by atoms with Crippen LogP contribution < -0.4 is 4.90 Å². The number of hydrogen-bond acceptors (Lipinski definition) is 4. The van der Waals surface area contributed by atoms with Crippen LogP contribution in [0, 0.1) is 5.82 Å². The zero-order valence-corrected chi connectivity index (χ0v) is 14.4. The van der Waals surface area contributed by atoms with Gasteiger partial charge in [-0.3, -0.25) is 0 Å². The molecule has 0 bridgehead atoms. The Hall–Kier alpha value is -2.05. The van der Waals surface area contributed by atoms with Crippen molar-refractivity contribution < 1.29 is 9.13 Å². The van der Waals surface area contributed by atoms with Gasteiger partial charge in [-0.2, -0.15) is 0 Å². The molecule has 0 saturated carbocycles. The fourth-order valence-electron chi connectivity index (χ4n) is 3.06. The second-order valence-corrected chi connectivity index (χ2v) is 6.51. The summed E-state index contributed by atoms with van der Waals surface area (Å²) in [5.41, 5.74) is 1.46. The van der Waals surface area contributed by atoms with Gasteiger partial charge >= 0.3 is 0 Å². The molecule has 4 nitrogen and oxygen atoms in total. The predicted molar refractivity (Wildman–Crippen MR) is 94.5 cm³/mol. The summed E-state index contributed by atoms with van der Waals surface area (Å²) in [7, 11) is 0. The molecular weight excluding hydrogens is 373 g/mol. The number of hydrogen-bond donors (Lipinski definition) is 0. The molecule has 122 valence electrons. The molecule has 1 unspecified atom stereocenters. The molecule has 2 heterocycles. The number of anilines is 1. The number of rotatable bonds is 2. The fourth-order valence-corrected chi connectivity index (χ4v) is 3.60. The predicted octanol–water partition coefficient (Wildman–Crippen LogP) is 4.11. The summed E-state index contributed by atoms with van der Waals surface area (Å²) in [6.07, 6.45) is 1.36. The molecule has 0 aliphatic carbocycles. The second-order valence-electron chi connectivity index (χ2n) is 5.66. The van der Waals surface area contributed by atoms with Gasteiger partial charge in [0.15, 0.2) is 0 Å². The first kappa shape index (κ1) is 15.5. The van der Waals surface area contributed by atoms with Crippen molar-refractivity contribution in [3.63, 3.8) is 0 Å². The van der Waals surface area contributed by atoms with Crippen molar-refractivity contribution in [2.24, 2.45) is 0 Å². The van der Waals surface area contributed by atoms with Crippen LogP contribution in [0.5, 0.6) is 0 Å². The average molecular weight is 388 g/mol. The number of morpholine rings is 1. The van der Waals surface area contributed by atoms with E-state index in [0.717, 1.165) is 21.2 Å². The Bertz CT molecular complexity index is 889. The van der Waals surface area contributed by atoms with E-state index in [2.05, 4.69) is 36.9 Å². The Morgan fingerprint density at radius 2 is 2.00 bits per heavy atom. The summed E-state index contributed by atoms with van der Waals surface area (Å²) in [6.45, 7) is 1.96. The molecule has 1 aliphatic rings. The molecule has 0 spiro atoms. The molecule has 6 heteroatoms. The summed E-state index contributed by atoms with van der Waals surface area (Å²) in [4.78, 5) is 10.6. The highest BCUT2D eigenvalue weighted by molar-refractivity contribution is 9.10. The summed E-state index contributed by atoms with van der Waals surface area (Å²) >= 11 is 3.58. The Labute approximate surface area is 147 Å². The Kier molecular flexibility index (Phi) is 4.16. The lowest BCUT2D eigenvalue weighted by molar-refractivity contribution is 0.0392. The number of benzene rings is 2. The fraction of sp³-hybridized carbons (Fsp3) is 0.222. The molecule has 24 heavy (non-hydrogen) atoms. The third-order valence-corrected chi connectivity index (χ3v) is 4.93. The lowest BCUT2D eigenvalue weighted by Crippen LogP contribution is -2.39. The highest BCUT2D eigenvalue weighted by atomic mass is 79.9. The van der Waals surface area contributed by atoms with Gasteiger partial charge in [0.1, 0.15) is 29.6 Å². The van der Waals surface area contributed by atoms with Gasteiger partial charge in [-0.15, -0.1) is 0 Å². The summed E-state index contributed by atoms with van der Waals surface area (Å²) < 4.78 is 21.0. The van der Waals surface area contributed by atoms with E-state index in [-0.39, 0.29) is 11.9 Å². The van der Waals surface area contributed by atoms with Crippen molar-refractivity contribution in [3.05, 3.63) is 64.6 Å². The molecule has 0 radical (unpaired) electrons. The largest absolute Gasteiger partial charge is 0.370 e. The van der Waals surface area contributed by atoms with Gasteiger partial charge < -0.3 is 9.64 Å². The van der Waals surface area contributed by atoms with Crippen molar-refractivity contribution in [1.29, 1.82) is 0 Å². The van der Waals surface area contributed by atoms with E-state index in [1.165, 1.54) is 12.4 Å². The number of halogens is 2. The van der Waals surface area contributed by atoms with E-state index in [1.807, 2.05) is 24.3 Å².